The van der Waals surface area contributed by atoms with E-state index >= 15 is 0 Å². The number of sulfonamides is 1. The van der Waals surface area contributed by atoms with Crippen LogP contribution in [0.2, 0.25) is 10.0 Å². The first-order valence-corrected chi connectivity index (χ1v) is 10.8. The molecule has 0 aliphatic heterocycles. The zero-order chi connectivity index (χ0) is 19.4. The van der Waals surface area contributed by atoms with Crippen LogP contribution < -0.4 is 4.72 Å². The molecule has 1 atom stereocenters. The minimum atomic E-state index is -3.65. The van der Waals surface area contributed by atoms with E-state index in [2.05, 4.69) is 4.72 Å². The van der Waals surface area contributed by atoms with Crippen LogP contribution in [0.5, 0.6) is 0 Å². The molecular formula is C21H19Cl2NO2S. The first-order chi connectivity index (χ1) is 12.8. The molecule has 27 heavy (non-hydrogen) atoms. The van der Waals surface area contributed by atoms with Crippen LogP contribution in [0.15, 0.2) is 72.8 Å². The molecule has 0 heterocycles. The van der Waals surface area contributed by atoms with Crippen molar-refractivity contribution in [3.63, 3.8) is 0 Å². The largest absolute Gasteiger partial charge is 0.216 e. The molecule has 0 amide bonds. The van der Waals surface area contributed by atoms with E-state index in [0.717, 1.165) is 16.7 Å². The fraction of sp³-hybridized carbons (Fsp3) is 0.143. The molecule has 6 heteroatoms. The van der Waals surface area contributed by atoms with Crippen molar-refractivity contribution in [2.45, 2.75) is 18.7 Å². The van der Waals surface area contributed by atoms with Gasteiger partial charge in [-0.3, -0.25) is 0 Å². The predicted octanol–water partition coefficient (Wildman–Crippen LogP) is 5.51. The molecule has 0 bridgehead atoms. The van der Waals surface area contributed by atoms with E-state index in [0.29, 0.717) is 15.6 Å². The van der Waals surface area contributed by atoms with Gasteiger partial charge in [0, 0.05) is 10.0 Å². The van der Waals surface area contributed by atoms with Gasteiger partial charge in [-0.1, -0.05) is 89.4 Å². The van der Waals surface area contributed by atoms with Gasteiger partial charge >= 0.3 is 0 Å². The Morgan fingerprint density at radius 2 is 1.52 bits per heavy atom. The lowest BCUT2D eigenvalue weighted by atomic mass is 9.99. The van der Waals surface area contributed by atoms with Crippen LogP contribution in [0.1, 0.15) is 28.3 Å². The minimum absolute atomic E-state index is 0.224. The van der Waals surface area contributed by atoms with Crippen LogP contribution in [0.25, 0.3) is 0 Å². The Morgan fingerprint density at radius 1 is 0.889 bits per heavy atom. The van der Waals surface area contributed by atoms with Crippen molar-refractivity contribution in [3.05, 3.63) is 105 Å². The summed E-state index contributed by atoms with van der Waals surface area (Å²) in [6, 6.07) is 21.6. The highest BCUT2D eigenvalue weighted by Gasteiger charge is 2.22. The van der Waals surface area contributed by atoms with Crippen molar-refractivity contribution < 1.29 is 8.42 Å². The second-order valence-corrected chi connectivity index (χ2v) is 8.96. The maximum atomic E-state index is 12.9. The summed E-state index contributed by atoms with van der Waals surface area (Å²) >= 11 is 12.0. The van der Waals surface area contributed by atoms with Gasteiger partial charge in [0.15, 0.2) is 0 Å². The molecule has 0 aliphatic rings. The zero-order valence-electron chi connectivity index (χ0n) is 14.7. The van der Waals surface area contributed by atoms with Crippen molar-refractivity contribution in [2.75, 3.05) is 0 Å². The molecule has 0 unspecified atom stereocenters. The van der Waals surface area contributed by atoms with Crippen molar-refractivity contribution in [1.82, 2.24) is 4.72 Å². The number of rotatable bonds is 6. The standard InChI is InChI=1S/C21H19Cl2NO2S/c1-15-7-9-17(10-8-15)21(16-5-3-2-4-6-16)24-27(25,26)14-18-11-12-19(22)13-20(18)23/h2-13,21,24H,14H2,1H3/t21-/m0/s1. The van der Waals surface area contributed by atoms with E-state index in [-0.39, 0.29) is 5.75 Å². The van der Waals surface area contributed by atoms with Gasteiger partial charge in [0.25, 0.3) is 0 Å². The van der Waals surface area contributed by atoms with E-state index in [4.69, 9.17) is 23.2 Å². The third-order valence-corrected chi connectivity index (χ3v) is 6.07. The second-order valence-electron chi connectivity index (χ2n) is 6.37. The fourth-order valence-electron chi connectivity index (χ4n) is 2.80. The number of benzene rings is 3. The Bertz CT molecular complexity index is 1020. The molecule has 0 aromatic heterocycles. The van der Waals surface area contributed by atoms with Gasteiger partial charge < -0.3 is 0 Å². The number of hydrogen-bond acceptors (Lipinski definition) is 2. The van der Waals surface area contributed by atoms with Crippen molar-refractivity contribution >= 4 is 33.2 Å². The summed E-state index contributed by atoms with van der Waals surface area (Å²) in [5.41, 5.74) is 3.36. The Balaban J connectivity index is 1.92. The average Bonchev–Trinajstić information content (AvgIpc) is 2.64. The lowest BCUT2D eigenvalue weighted by Crippen LogP contribution is -2.30. The van der Waals surface area contributed by atoms with Gasteiger partial charge in [-0.15, -0.1) is 0 Å². The molecule has 140 valence electrons. The molecule has 0 fully saturated rings. The summed E-state index contributed by atoms with van der Waals surface area (Å²) in [5, 5.41) is 0.801. The van der Waals surface area contributed by atoms with Crippen molar-refractivity contribution in [3.8, 4) is 0 Å². The molecule has 3 aromatic carbocycles. The number of halogens is 2. The highest BCUT2D eigenvalue weighted by atomic mass is 35.5. The van der Waals surface area contributed by atoms with Crippen LogP contribution >= 0.6 is 23.2 Å². The highest BCUT2D eigenvalue weighted by molar-refractivity contribution is 7.88. The van der Waals surface area contributed by atoms with E-state index < -0.39 is 16.1 Å². The van der Waals surface area contributed by atoms with Gasteiger partial charge in [-0.05, 0) is 35.7 Å². The lowest BCUT2D eigenvalue weighted by molar-refractivity contribution is 0.571. The number of nitrogens with one attached hydrogen (secondary N) is 1. The summed E-state index contributed by atoms with van der Waals surface area (Å²) in [6.45, 7) is 1.99. The quantitative estimate of drug-likeness (QED) is 0.572. The summed E-state index contributed by atoms with van der Waals surface area (Å²) in [7, 11) is -3.65. The van der Waals surface area contributed by atoms with E-state index in [1.807, 2.05) is 61.5 Å². The molecule has 0 spiro atoms. The molecular weight excluding hydrogens is 401 g/mol. The zero-order valence-corrected chi connectivity index (χ0v) is 17.0. The van der Waals surface area contributed by atoms with Gasteiger partial charge in [-0.25, -0.2) is 13.1 Å². The Hall–Kier alpha value is -1.85. The molecule has 3 rings (SSSR count). The first kappa shape index (κ1) is 19.9. The molecule has 0 aliphatic carbocycles. The SMILES string of the molecule is Cc1ccc([C@@H](NS(=O)(=O)Cc2ccc(Cl)cc2Cl)c2ccccc2)cc1. The highest BCUT2D eigenvalue weighted by Crippen LogP contribution is 2.26. The lowest BCUT2D eigenvalue weighted by Gasteiger charge is -2.20. The van der Waals surface area contributed by atoms with E-state index in [9.17, 15) is 8.42 Å². The first-order valence-electron chi connectivity index (χ1n) is 8.39. The van der Waals surface area contributed by atoms with Crippen LogP contribution in [0.4, 0.5) is 0 Å². The molecule has 0 saturated heterocycles. The monoisotopic (exact) mass is 419 g/mol. The topological polar surface area (TPSA) is 46.2 Å². The van der Waals surface area contributed by atoms with Gasteiger partial charge in [0.1, 0.15) is 0 Å². The average molecular weight is 420 g/mol. The van der Waals surface area contributed by atoms with Crippen LogP contribution in [0, 0.1) is 6.92 Å². The number of hydrogen-bond donors (Lipinski definition) is 1. The minimum Gasteiger partial charge on any atom is -0.212 e. The molecule has 1 N–H and O–H groups in total. The Morgan fingerprint density at radius 3 is 2.15 bits per heavy atom. The Labute approximate surface area is 170 Å². The third kappa shape index (κ3) is 5.33. The van der Waals surface area contributed by atoms with Gasteiger partial charge in [0.05, 0.1) is 11.8 Å². The van der Waals surface area contributed by atoms with E-state index in [1.165, 1.54) is 0 Å². The Kier molecular flexibility index (Phi) is 6.22. The van der Waals surface area contributed by atoms with Gasteiger partial charge in [-0.2, -0.15) is 0 Å². The normalized spacial score (nSPS) is 12.7. The smallest absolute Gasteiger partial charge is 0.212 e. The molecule has 3 nitrogen and oxygen atoms in total. The third-order valence-electron chi connectivity index (χ3n) is 4.20. The maximum Gasteiger partial charge on any atom is 0.216 e. The molecule has 0 radical (unpaired) electrons. The summed E-state index contributed by atoms with van der Waals surface area (Å²) in [5.74, 6) is -0.224. The molecule has 3 aromatic rings. The maximum absolute atomic E-state index is 12.9. The molecule has 0 saturated carbocycles. The summed E-state index contributed by atoms with van der Waals surface area (Å²) < 4.78 is 28.5. The van der Waals surface area contributed by atoms with Crippen molar-refractivity contribution in [1.29, 1.82) is 0 Å². The van der Waals surface area contributed by atoms with Crippen molar-refractivity contribution in [2.24, 2.45) is 0 Å². The summed E-state index contributed by atoms with van der Waals surface area (Å²) in [4.78, 5) is 0. The fourth-order valence-corrected chi connectivity index (χ4v) is 4.73. The number of aryl methyl sites for hydroxylation is 1. The van der Waals surface area contributed by atoms with E-state index in [1.54, 1.807) is 18.2 Å². The van der Waals surface area contributed by atoms with Crippen LogP contribution in [-0.2, 0) is 15.8 Å². The van der Waals surface area contributed by atoms with Crippen LogP contribution in [-0.4, -0.2) is 8.42 Å². The second kappa shape index (κ2) is 8.44. The predicted molar refractivity (Wildman–Crippen MR) is 112 cm³/mol. The van der Waals surface area contributed by atoms with Crippen LogP contribution in [0.3, 0.4) is 0 Å². The summed E-state index contributed by atoms with van der Waals surface area (Å²) in [6.07, 6.45) is 0. The van der Waals surface area contributed by atoms with Gasteiger partial charge in [0.2, 0.25) is 10.0 Å².